The van der Waals surface area contributed by atoms with Crippen molar-refractivity contribution in [3.63, 3.8) is 0 Å². The first kappa shape index (κ1) is 5.70. The minimum atomic E-state index is -0.503. The summed E-state index contributed by atoms with van der Waals surface area (Å²) < 4.78 is 11.5. The van der Waals surface area contributed by atoms with Crippen LogP contribution in [-0.4, -0.2) is 0 Å². The van der Waals surface area contributed by atoms with Crippen molar-refractivity contribution in [2.75, 3.05) is 0 Å². The summed E-state index contributed by atoms with van der Waals surface area (Å²) in [5.41, 5.74) is 0.826. The summed E-state index contributed by atoms with van der Waals surface area (Å²) in [6, 6.07) is 0. The second kappa shape index (κ2) is 2.91. The molecule has 0 aliphatic carbocycles. The molecule has 0 saturated heterocycles. The molecule has 34 valence electrons. The summed E-state index contributed by atoms with van der Waals surface area (Å²) in [6.45, 7) is 3.10. The molecule has 0 aliphatic rings. The van der Waals surface area contributed by atoms with E-state index in [4.69, 9.17) is 11.6 Å². The first-order valence-electron chi connectivity index (χ1n) is 1.39. The van der Waals surface area contributed by atoms with Gasteiger partial charge in [0.15, 0.2) is 0 Å². The average molecular weight is 107 g/mol. The Kier molecular flexibility index (Phi) is 2.77. The monoisotopic (exact) mass is 106 g/mol. The number of allylic oxidation sites excluding steroid dienone is 2. The van der Waals surface area contributed by atoms with Crippen LogP contribution in [0.3, 0.4) is 0 Å². The quantitative estimate of drug-likeness (QED) is 0.450. The lowest BCUT2D eigenvalue weighted by molar-refractivity contribution is 0.670. The molecule has 0 aliphatic heterocycles. The normalized spacial score (nSPS) is 11.3. The van der Waals surface area contributed by atoms with Gasteiger partial charge in [0.1, 0.15) is 5.83 Å². The van der Waals surface area contributed by atoms with Crippen LogP contribution >= 0.6 is 11.6 Å². The standard InChI is InChI=1S/C4H4ClF/c1-2-4(6)3-5/h2-3H,1H2/b4-3-. The molecule has 0 saturated carbocycles. The van der Waals surface area contributed by atoms with Gasteiger partial charge >= 0.3 is 0 Å². The first-order chi connectivity index (χ1) is 2.81. The Hall–Kier alpha value is -0.300. The first-order valence-corrected chi connectivity index (χ1v) is 1.83. The van der Waals surface area contributed by atoms with Crippen LogP contribution in [0.1, 0.15) is 0 Å². The van der Waals surface area contributed by atoms with Gasteiger partial charge in [-0.3, -0.25) is 0 Å². The van der Waals surface area contributed by atoms with E-state index in [0.717, 1.165) is 11.6 Å². The molecule has 0 fully saturated rings. The van der Waals surface area contributed by atoms with Crippen molar-refractivity contribution in [3.8, 4) is 0 Å². The zero-order chi connectivity index (χ0) is 4.99. The maximum absolute atomic E-state index is 11.5. The van der Waals surface area contributed by atoms with Gasteiger partial charge in [-0.15, -0.1) is 0 Å². The lowest BCUT2D eigenvalue weighted by atomic mass is 10.6. The van der Waals surface area contributed by atoms with E-state index < -0.39 is 5.83 Å². The van der Waals surface area contributed by atoms with Gasteiger partial charge in [0.25, 0.3) is 0 Å². The van der Waals surface area contributed by atoms with Gasteiger partial charge in [-0.05, 0) is 6.08 Å². The lowest BCUT2D eigenvalue weighted by Gasteiger charge is -1.71. The van der Waals surface area contributed by atoms with Gasteiger partial charge < -0.3 is 0 Å². The zero-order valence-electron chi connectivity index (χ0n) is 3.12. The molecule has 0 aromatic heterocycles. The van der Waals surface area contributed by atoms with Crippen molar-refractivity contribution in [1.29, 1.82) is 0 Å². The molecule has 0 spiro atoms. The van der Waals surface area contributed by atoms with Crippen LogP contribution in [0.4, 0.5) is 4.39 Å². The fraction of sp³-hybridized carbons (Fsp3) is 0. The predicted octanol–water partition coefficient (Wildman–Crippen LogP) is 2.22. The van der Waals surface area contributed by atoms with E-state index in [-0.39, 0.29) is 0 Å². The average Bonchev–Trinajstić information content (AvgIpc) is 1.65. The molecule has 0 bridgehead atoms. The highest BCUT2D eigenvalue weighted by Gasteiger charge is 1.75. The topological polar surface area (TPSA) is 0 Å². The van der Waals surface area contributed by atoms with Gasteiger partial charge in [-0.1, -0.05) is 18.2 Å². The molecule has 0 rings (SSSR count). The molecule has 0 aromatic rings. The minimum absolute atomic E-state index is 0.503. The Morgan fingerprint density at radius 3 is 2.33 bits per heavy atom. The fourth-order valence-corrected chi connectivity index (χ4v) is 0.134. The Labute approximate surface area is 40.9 Å². The maximum Gasteiger partial charge on any atom is 0.133 e. The van der Waals surface area contributed by atoms with E-state index in [1.54, 1.807) is 0 Å². The molecular formula is C4H4ClF. The largest absolute Gasteiger partial charge is 0.206 e. The van der Waals surface area contributed by atoms with Crippen molar-refractivity contribution in [1.82, 2.24) is 0 Å². The summed E-state index contributed by atoms with van der Waals surface area (Å²) >= 11 is 4.84. The third-order valence-electron chi connectivity index (χ3n) is 0.299. The van der Waals surface area contributed by atoms with E-state index in [1.807, 2.05) is 0 Å². The Morgan fingerprint density at radius 1 is 1.83 bits per heavy atom. The molecule has 6 heavy (non-hydrogen) atoms. The third kappa shape index (κ3) is 1.97. The molecular weight excluding hydrogens is 102 g/mol. The number of hydrogen-bond donors (Lipinski definition) is 0. The maximum atomic E-state index is 11.5. The lowest BCUT2D eigenvalue weighted by Crippen LogP contribution is -1.51. The van der Waals surface area contributed by atoms with Crippen molar-refractivity contribution in [3.05, 3.63) is 24.0 Å². The Morgan fingerprint density at radius 2 is 2.33 bits per heavy atom. The summed E-state index contributed by atoms with van der Waals surface area (Å²) in [5.74, 6) is -0.503. The summed E-state index contributed by atoms with van der Waals surface area (Å²) in [4.78, 5) is 0. The summed E-state index contributed by atoms with van der Waals surface area (Å²) in [5, 5.41) is 0. The van der Waals surface area contributed by atoms with Crippen molar-refractivity contribution in [2.45, 2.75) is 0 Å². The highest BCUT2D eigenvalue weighted by Crippen LogP contribution is 1.96. The molecule has 0 unspecified atom stereocenters. The van der Waals surface area contributed by atoms with Crippen LogP contribution in [-0.2, 0) is 0 Å². The van der Waals surface area contributed by atoms with E-state index >= 15 is 0 Å². The van der Waals surface area contributed by atoms with Gasteiger partial charge in [-0.2, -0.15) is 0 Å². The smallest absolute Gasteiger partial charge is 0.133 e. The molecule has 0 nitrogen and oxygen atoms in total. The number of rotatable bonds is 1. The molecule has 0 N–H and O–H groups in total. The van der Waals surface area contributed by atoms with E-state index in [1.165, 1.54) is 0 Å². The highest BCUT2D eigenvalue weighted by atomic mass is 35.5. The Balaban J connectivity index is 3.50. The molecule has 0 aromatic carbocycles. The van der Waals surface area contributed by atoms with E-state index in [2.05, 4.69) is 6.58 Å². The molecule has 0 atom stereocenters. The fourth-order valence-electron chi connectivity index (χ4n) is 0.0445. The summed E-state index contributed by atoms with van der Waals surface area (Å²) in [6.07, 6.45) is 1.03. The van der Waals surface area contributed by atoms with Crippen LogP contribution in [0.2, 0.25) is 0 Å². The number of halogens is 2. The zero-order valence-corrected chi connectivity index (χ0v) is 3.87. The SMILES string of the molecule is C=C/C(F)=C/Cl. The van der Waals surface area contributed by atoms with Gasteiger partial charge in [0.05, 0.1) is 0 Å². The van der Waals surface area contributed by atoms with Gasteiger partial charge in [0, 0.05) is 5.54 Å². The van der Waals surface area contributed by atoms with Crippen molar-refractivity contribution < 1.29 is 4.39 Å². The minimum Gasteiger partial charge on any atom is -0.206 e. The highest BCUT2D eigenvalue weighted by molar-refractivity contribution is 6.25. The molecule has 2 heteroatoms. The van der Waals surface area contributed by atoms with E-state index in [9.17, 15) is 4.39 Å². The van der Waals surface area contributed by atoms with Crippen LogP contribution in [0.25, 0.3) is 0 Å². The van der Waals surface area contributed by atoms with Crippen LogP contribution in [0, 0.1) is 0 Å². The molecule has 0 radical (unpaired) electrons. The molecule has 0 heterocycles. The molecule has 0 amide bonds. The second-order valence-electron chi connectivity index (χ2n) is 0.698. The second-order valence-corrected chi connectivity index (χ2v) is 0.916. The third-order valence-corrected chi connectivity index (χ3v) is 0.508. The van der Waals surface area contributed by atoms with Gasteiger partial charge in [0.2, 0.25) is 0 Å². The summed E-state index contributed by atoms with van der Waals surface area (Å²) in [7, 11) is 0. The Bertz CT molecular complexity index is 75.6. The van der Waals surface area contributed by atoms with Crippen LogP contribution in [0.15, 0.2) is 24.0 Å². The predicted molar refractivity (Wildman–Crippen MR) is 25.2 cm³/mol. The van der Waals surface area contributed by atoms with Crippen molar-refractivity contribution >= 4 is 11.6 Å². The van der Waals surface area contributed by atoms with Crippen LogP contribution in [0.5, 0.6) is 0 Å². The van der Waals surface area contributed by atoms with Crippen LogP contribution < -0.4 is 0 Å². The van der Waals surface area contributed by atoms with Gasteiger partial charge in [-0.25, -0.2) is 4.39 Å². The number of hydrogen-bond acceptors (Lipinski definition) is 0. The van der Waals surface area contributed by atoms with Crippen molar-refractivity contribution in [2.24, 2.45) is 0 Å². The van der Waals surface area contributed by atoms with E-state index in [0.29, 0.717) is 0 Å².